The molecule has 94 valence electrons. The molecule has 0 atom stereocenters. The molecule has 0 unspecified atom stereocenters. The van der Waals surface area contributed by atoms with Gasteiger partial charge < -0.3 is 10.5 Å². The highest BCUT2D eigenvalue weighted by atomic mass is 16.5. The fourth-order valence-corrected chi connectivity index (χ4v) is 1.52. The maximum atomic E-state index is 5.62. The van der Waals surface area contributed by atoms with E-state index in [1.807, 2.05) is 6.07 Å². The van der Waals surface area contributed by atoms with Gasteiger partial charge in [-0.25, -0.2) is 4.98 Å². The van der Waals surface area contributed by atoms with Crippen molar-refractivity contribution in [2.45, 2.75) is 0 Å². The molecule has 0 amide bonds. The summed E-state index contributed by atoms with van der Waals surface area (Å²) in [6, 6.07) is 12.4. The lowest BCUT2D eigenvalue weighted by molar-refractivity contribution is 0.463. The molecule has 19 heavy (non-hydrogen) atoms. The zero-order chi connectivity index (χ0) is 13.1. The van der Waals surface area contributed by atoms with Crippen LogP contribution in [-0.2, 0) is 0 Å². The van der Waals surface area contributed by atoms with Crippen molar-refractivity contribution in [3.63, 3.8) is 0 Å². The van der Waals surface area contributed by atoms with Crippen molar-refractivity contribution in [3.05, 3.63) is 42.5 Å². The minimum Gasteiger partial charge on any atom is -0.439 e. The van der Waals surface area contributed by atoms with E-state index < -0.39 is 0 Å². The molecule has 3 N–H and O–H groups in total. The fourth-order valence-electron chi connectivity index (χ4n) is 1.52. The van der Waals surface area contributed by atoms with Crippen molar-refractivity contribution in [2.75, 3.05) is 5.73 Å². The van der Waals surface area contributed by atoms with Crippen LogP contribution < -0.4 is 10.5 Å². The molecule has 2 aromatic heterocycles. The Morgan fingerprint density at radius 2 is 1.89 bits per heavy atom. The number of benzene rings is 1. The smallest absolute Gasteiger partial charge is 0.223 e. The first-order valence-corrected chi connectivity index (χ1v) is 5.55. The van der Waals surface area contributed by atoms with Gasteiger partial charge in [0.15, 0.2) is 0 Å². The molecule has 0 bridgehead atoms. The number of aromatic amines is 1. The Hall–Kier alpha value is -2.96. The standard InChI is InChI=1S/C12H10N6O/c13-8-4-6-9(7-5-8)19-11-3-1-2-10(14-11)12-15-17-18-16-12/h1-7H,13H2,(H,15,16,17,18). The van der Waals surface area contributed by atoms with Gasteiger partial charge in [-0.15, -0.1) is 10.2 Å². The van der Waals surface area contributed by atoms with Gasteiger partial charge in [-0.1, -0.05) is 6.07 Å². The Bertz CT molecular complexity index is 665. The van der Waals surface area contributed by atoms with E-state index in [0.717, 1.165) is 0 Å². The Morgan fingerprint density at radius 3 is 2.63 bits per heavy atom. The second kappa shape index (κ2) is 4.73. The molecule has 1 aromatic carbocycles. The third-order valence-corrected chi connectivity index (χ3v) is 2.40. The van der Waals surface area contributed by atoms with Crippen LogP contribution in [0.15, 0.2) is 42.5 Å². The summed E-state index contributed by atoms with van der Waals surface area (Å²) in [5.41, 5.74) is 6.88. The summed E-state index contributed by atoms with van der Waals surface area (Å²) in [6.45, 7) is 0. The molecular weight excluding hydrogens is 244 g/mol. The number of hydrogen-bond donors (Lipinski definition) is 2. The number of ether oxygens (including phenoxy) is 1. The summed E-state index contributed by atoms with van der Waals surface area (Å²) >= 11 is 0. The highest BCUT2D eigenvalue weighted by Gasteiger charge is 2.06. The number of aromatic nitrogens is 5. The quantitative estimate of drug-likeness (QED) is 0.689. The van der Waals surface area contributed by atoms with Crippen LogP contribution >= 0.6 is 0 Å². The van der Waals surface area contributed by atoms with Crippen LogP contribution in [0, 0.1) is 0 Å². The minimum atomic E-state index is 0.419. The van der Waals surface area contributed by atoms with Gasteiger partial charge in [0.25, 0.3) is 0 Å². The summed E-state index contributed by atoms with van der Waals surface area (Å²) in [5, 5.41) is 13.6. The first-order chi connectivity index (χ1) is 9.31. The maximum Gasteiger partial charge on any atom is 0.223 e. The van der Waals surface area contributed by atoms with Gasteiger partial charge in [0, 0.05) is 11.8 Å². The number of hydrogen-bond acceptors (Lipinski definition) is 6. The Labute approximate surface area is 108 Å². The van der Waals surface area contributed by atoms with Crippen molar-refractivity contribution < 1.29 is 4.74 Å². The number of anilines is 1. The average molecular weight is 254 g/mol. The molecule has 3 aromatic rings. The zero-order valence-electron chi connectivity index (χ0n) is 9.82. The molecule has 7 heteroatoms. The van der Waals surface area contributed by atoms with E-state index in [1.54, 1.807) is 36.4 Å². The first kappa shape index (κ1) is 11.1. The van der Waals surface area contributed by atoms with Gasteiger partial charge in [0.2, 0.25) is 11.7 Å². The van der Waals surface area contributed by atoms with Gasteiger partial charge in [0.1, 0.15) is 11.4 Å². The summed E-state index contributed by atoms with van der Waals surface area (Å²) in [4.78, 5) is 4.29. The number of nitrogens with zero attached hydrogens (tertiary/aromatic N) is 4. The largest absolute Gasteiger partial charge is 0.439 e. The molecule has 0 aliphatic rings. The van der Waals surface area contributed by atoms with Crippen LogP contribution in [0.25, 0.3) is 11.5 Å². The molecule has 0 saturated carbocycles. The number of nitrogens with two attached hydrogens (primary N) is 1. The van der Waals surface area contributed by atoms with E-state index in [2.05, 4.69) is 25.6 Å². The molecule has 2 heterocycles. The number of nitrogens with one attached hydrogen (secondary N) is 1. The second-order valence-electron chi connectivity index (χ2n) is 3.77. The predicted molar refractivity (Wildman–Crippen MR) is 68.3 cm³/mol. The molecule has 7 nitrogen and oxygen atoms in total. The lowest BCUT2D eigenvalue weighted by atomic mass is 10.3. The lowest BCUT2D eigenvalue weighted by Crippen LogP contribution is -1.92. The van der Waals surface area contributed by atoms with Gasteiger partial charge in [-0.2, -0.15) is 5.21 Å². The molecule has 0 saturated heterocycles. The first-order valence-electron chi connectivity index (χ1n) is 5.55. The van der Waals surface area contributed by atoms with Crippen molar-refractivity contribution >= 4 is 5.69 Å². The summed E-state index contributed by atoms with van der Waals surface area (Å²) in [5.74, 6) is 1.53. The molecule has 0 fully saturated rings. The average Bonchev–Trinajstić information content (AvgIpc) is 2.96. The van der Waals surface area contributed by atoms with Crippen LogP contribution in [0.4, 0.5) is 5.69 Å². The lowest BCUT2D eigenvalue weighted by Gasteiger charge is -2.05. The van der Waals surface area contributed by atoms with E-state index >= 15 is 0 Å². The van der Waals surface area contributed by atoms with Crippen molar-refractivity contribution in [3.8, 4) is 23.1 Å². The van der Waals surface area contributed by atoms with E-state index in [0.29, 0.717) is 28.8 Å². The van der Waals surface area contributed by atoms with E-state index in [9.17, 15) is 0 Å². The zero-order valence-corrected chi connectivity index (χ0v) is 9.82. The molecule has 3 rings (SSSR count). The van der Waals surface area contributed by atoms with Gasteiger partial charge in [0.05, 0.1) is 0 Å². The summed E-state index contributed by atoms with van der Waals surface area (Å²) in [6.07, 6.45) is 0. The van der Waals surface area contributed by atoms with Crippen molar-refractivity contribution in [2.24, 2.45) is 0 Å². The van der Waals surface area contributed by atoms with Crippen LogP contribution in [-0.4, -0.2) is 25.6 Å². The Morgan fingerprint density at radius 1 is 1.05 bits per heavy atom. The van der Waals surface area contributed by atoms with E-state index in [4.69, 9.17) is 10.5 Å². The van der Waals surface area contributed by atoms with Crippen LogP contribution in [0.5, 0.6) is 11.6 Å². The van der Waals surface area contributed by atoms with E-state index in [1.165, 1.54) is 0 Å². The third kappa shape index (κ3) is 2.49. The number of nitrogen functional groups attached to an aromatic ring is 1. The second-order valence-corrected chi connectivity index (χ2v) is 3.77. The van der Waals surface area contributed by atoms with Gasteiger partial charge >= 0.3 is 0 Å². The van der Waals surface area contributed by atoms with Gasteiger partial charge in [-0.05, 0) is 35.5 Å². The van der Waals surface area contributed by atoms with Gasteiger partial charge in [-0.3, -0.25) is 0 Å². The highest BCUT2D eigenvalue weighted by molar-refractivity contribution is 5.49. The molecule has 0 aliphatic carbocycles. The Kier molecular flexibility index (Phi) is 2.77. The number of rotatable bonds is 3. The highest BCUT2D eigenvalue weighted by Crippen LogP contribution is 2.22. The topological polar surface area (TPSA) is 103 Å². The van der Waals surface area contributed by atoms with E-state index in [-0.39, 0.29) is 0 Å². The van der Waals surface area contributed by atoms with Crippen molar-refractivity contribution in [1.29, 1.82) is 0 Å². The number of tetrazole rings is 1. The molecular formula is C12H10N6O. The van der Waals surface area contributed by atoms with Crippen molar-refractivity contribution in [1.82, 2.24) is 25.6 Å². The molecule has 0 aliphatic heterocycles. The summed E-state index contributed by atoms with van der Waals surface area (Å²) < 4.78 is 5.62. The molecule has 0 spiro atoms. The van der Waals surface area contributed by atoms with Crippen LogP contribution in [0.2, 0.25) is 0 Å². The Balaban J connectivity index is 1.85. The van der Waals surface area contributed by atoms with Crippen LogP contribution in [0.3, 0.4) is 0 Å². The van der Waals surface area contributed by atoms with Crippen LogP contribution in [0.1, 0.15) is 0 Å². The minimum absolute atomic E-state index is 0.419. The SMILES string of the molecule is Nc1ccc(Oc2cccc(-c3nn[nH]n3)n2)cc1. The third-order valence-electron chi connectivity index (χ3n) is 2.40. The maximum absolute atomic E-state index is 5.62. The predicted octanol–water partition coefficient (Wildman–Crippen LogP) is 1.64. The normalized spacial score (nSPS) is 10.3. The monoisotopic (exact) mass is 254 g/mol. The fraction of sp³-hybridized carbons (Fsp3) is 0. The number of H-pyrrole nitrogens is 1. The summed E-state index contributed by atoms with van der Waals surface area (Å²) in [7, 11) is 0. The molecule has 0 radical (unpaired) electrons. The number of pyridine rings is 1.